The average molecular weight is 592 g/mol. The van der Waals surface area contributed by atoms with Crippen LogP contribution >= 0.6 is 23.2 Å². The molecule has 2 aliphatic rings. The number of allylic oxidation sites excluding steroid dienone is 1. The molecule has 4 aromatic rings. The van der Waals surface area contributed by atoms with Gasteiger partial charge in [0.2, 0.25) is 0 Å². The van der Waals surface area contributed by atoms with Gasteiger partial charge in [0, 0.05) is 41.3 Å². The normalized spacial score (nSPS) is 17.5. The number of aromatic nitrogens is 2. The van der Waals surface area contributed by atoms with Crippen LogP contribution in [0.25, 0.3) is 22.4 Å². The highest BCUT2D eigenvalue weighted by molar-refractivity contribution is 6.36. The molecular formula is C33H33Cl2FN4O. The highest BCUT2D eigenvalue weighted by atomic mass is 35.5. The molecule has 0 bridgehead atoms. The Balaban J connectivity index is 1.37. The summed E-state index contributed by atoms with van der Waals surface area (Å²) in [5.74, 6) is 1.39. The number of likely N-dealkylation sites (tertiary alicyclic amines) is 1. The van der Waals surface area contributed by atoms with Gasteiger partial charge in [-0.25, -0.2) is 0 Å². The lowest BCUT2D eigenvalue weighted by Gasteiger charge is -2.19. The predicted octanol–water partition coefficient (Wildman–Crippen LogP) is 8.07. The molecule has 1 atom stereocenters. The Labute approximate surface area is 250 Å². The standard InChI is InChI=1S/C33H33Cl2FN4O/c34-24-8-12-28(30(35)18-24)29-4-1-3-22-17-23(31-19-32(37)39-38-31)7-11-27(22)33(29)21-5-9-25(10-6-21)41-26-13-16-40(20-26)15-2-14-36/h5-12,17-19,26H,1-4,13-16,20H2,(H3,37,38,39)/t26-/m0/s1. The largest absolute Gasteiger partial charge is 0.489 e. The van der Waals surface area contributed by atoms with Gasteiger partial charge in [0.05, 0.1) is 12.4 Å². The number of halogens is 3. The molecule has 3 aromatic carbocycles. The second kappa shape index (κ2) is 12.3. The number of aryl methyl sites for hydroxylation is 1. The van der Waals surface area contributed by atoms with Crippen LogP contribution in [-0.4, -0.2) is 47.5 Å². The van der Waals surface area contributed by atoms with Gasteiger partial charge in [-0.05, 0) is 95.8 Å². The maximum atomic E-state index is 12.6. The van der Waals surface area contributed by atoms with E-state index in [1.54, 1.807) is 0 Å². The van der Waals surface area contributed by atoms with E-state index in [1.165, 1.54) is 22.3 Å². The first-order valence-corrected chi connectivity index (χ1v) is 14.9. The van der Waals surface area contributed by atoms with Crippen LogP contribution in [0.4, 0.5) is 10.2 Å². The van der Waals surface area contributed by atoms with Crippen molar-refractivity contribution in [3.05, 3.63) is 99.0 Å². The van der Waals surface area contributed by atoms with Crippen molar-refractivity contribution in [2.45, 2.75) is 38.2 Å². The Morgan fingerprint density at radius 2 is 1.78 bits per heavy atom. The minimum Gasteiger partial charge on any atom is -0.489 e. The molecule has 212 valence electrons. The zero-order valence-electron chi connectivity index (χ0n) is 22.8. The van der Waals surface area contributed by atoms with E-state index in [0.29, 0.717) is 22.3 Å². The summed E-state index contributed by atoms with van der Waals surface area (Å²) in [6.45, 7) is 2.30. The van der Waals surface area contributed by atoms with Crippen LogP contribution in [0.15, 0.2) is 66.7 Å². The second-order valence-electron chi connectivity index (χ2n) is 10.8. The Bertz CT molecular complexity index is 1570. The van der Waals surface area contributed by atoms with Crippen molar-refractivity contribution in [1.29, 1.82) is 0 Å². The van der Waals surface area contributed by atoms with Crippen molar-refractivity contribution in [1.82, 2.24) is 15.1 Å². The summed E-state index contributed by atoms with van der Waals surface area (Å²) < 4.78 is 18.9. The summed E-state index contributed by atoms with van der Waals surface area (Å²) >= 11 is 13.1. The van der Waals surface area contributed by atoms with Crippen LogP contribution in [0, 0.1) is 0 Å². The number of nitrogen functional groups attached to an aromatic ring is 1. The van der Waals surface area contributed by atoms with E-state index in [-0.39, 0.29) is 12.8 Å². The van der Waals surface area contributed by atoms with Gasteiger partial charge in [0.25, 0.3) is 0 Å². The van der Waals surface area contributed by atoms with Crippen molar-refractivity contribution < 1.29 is 9.13 Å². The van der Waals surface area contributed by atoms with Crippen molar-refractivity contribution in [3.63, 3.8) is 0 Å². The summed E-state index contributed by atoms with van der Waals surface area (Å²) in [5, 5.41) is 8.47. The van der Waals surface area contributed by atoms with Gasteiger partial charge in [0.15, 0.2) is 0 Å². The SMILES string of the molecule is Nc1cc(-c2ccc3c(c2)CCCC(c2ccc(Cl)cc2Cl)=C3c2ccc(O[C@H]3CCN(CCCF)C3)cc2)n[nH]1. The molecule has 41 heavy (non-hydrogen) atoms. The summed E-state index contributed by atoms with van der Waals surface area (Å²) in [6.07, 6.45) is 4.45. The number of alkyl halides is 1. The molecule has 0 saturated carbocycles. The van der Waals surface area contributed by atoms with E-state index >= 15 is 0 Å². The molecule has 1 aliphatic carbocycles. The summed E-state index contributed by atoms with van der Waals surface area (Å²) in [7, 11) is 0. The molecule has 5 nitrogen and oxygen atoms in total. The zero-order valence-corrected chi connectivity index (χ0v) is 24.3. The zero-order chi connectivity index (χ0) is 28.3. The molecule has 2 heterocycles. The topological polar surface area (TPSA) is 67.2 Å². The second-order valence-corrected chi connectivity index (χ2v) is 11.7. The first-order chi connectivity index (χ1) is 20.0. The molecule has 1 aromatic heterocycles. The average Bonchev–Trinajstić information content (AvgIpc) is 3.56. The van der Waals surface area contributed by atoms with Crippen molar-refractivity contribution >= 4 is 40.2 Å². The van der Waals surface area contributed by atoms with Crippen LogP contribution < -0.4 is 10.5 Å². The van der Waals surface area contributed by atoms with Crippen LogP contribution in [0.5, 0.6) is 5.75 Å². The van der Waals surface area contributed by atoms with Crippen LogP contribution in [-0.2, 0) is 6.42 Å². The molecule has 0 spiro atoms. The van der Waals surface area contributed by atoms with Gasteiger partial charge < -0.3 is 10.5 Å². The minimum absolute atomic E-state index is 0.121. The number of fused-ring (bicyclic) bond motifs is 1. The first-order valence-electron chi connectivity index (χ1n) is 14.2. The number of nitrogens with one attached hydrogen (secondary N) is 1. The minimum atomic E-state index is -0.273. The van der Waals surface area contributed by atoms with E-state index in [9.17, 15) is 4.39 Å². The van der Waals surface area contributed by atoms with E-state index in [0.717, 1.165) is 73.5 Å². The molecule has 6 rings (SSSR count). The van der Waals surface area contributed by atoms with E-state index in [2.05, 4.69) is 57.6 Å². The fourth-order valence-corrected chi connectivity index (χ4v) is 6.56. The van der Waals surface area contributed by atoms with E-state index in [4.69, 9.17) is 33.7 Å². The number of anilines is 1. The number of aromatic amines is 1. The van der Waals surface area contributed by atoms with Gasteiger partial charge in [-0.1, -0.05) is 53.5 Å². The number of rotatable bonds is 8. The lowest BCUT2D eigenvalue weighted by atomic mass is 9.87. The lowest BCUT2D eigenvalue weighted by Crippen LogP contribution is -2.26. The highest BCUT2D eigenvalue weighted by Gasteiger charge is 2.25. The monoisotopic (exact) mass is 590 g/mol. The van der Waals surface area contributed by atoms with Crippen LogP contribution in [0.2, 0.25) is 10.0 Å². The number of hydrogen-bond acceptors (Lipinski definition) is 4. The van der Waals surface area contributed by atoms with Crippen molar-refractivity contribution in [2.24, 2.45) is 0 Å². The summed E-state index contributed by atoms with van der Waals surface area (Å²) in [4.78, 5) is 2.28. The molecule has 1 fully saturated rings. The lowest BCUT2D eigenvalue weighted by molar-refractivity contribution is 0.198. The number of hydrogen-bond donors (Lipinski definition) is 2. The summed E-state index contributed by atoms with van der Waals surface area (Å²) in [5.41, 5.74) is 14.7. The Hall–Kier alpha value is -3.32. The first kappa shape index (κ1) is 27.8. The predicted molar refractivity (Wildman–Crippen MR) is 166 cm³/mol. The molecule has 0 amide bonds. The van der Waals surface area contributed by atoms with Crippen molar-refractivity contribution in [3.8, 4) is 17.0 Å². The molecule has 0 radical (unpaired) electrons. The van der Waals surface area contributed by atoms with Crippen LogP contribution in [0.3, 0.4) is 0 Å². The Morgan fingerprint density at radius 1 is 0.976 bits per heavy atom. The quantitative estimate of drug-likeness (QED) is 0.218. The fraction of sp³-hybridized carbons (Fsp3) is 0.303. The van der Waals surface area contributed by atoms with Crippen LogP contribution in [0.1, 0.15) is 47.9 Å². The number of nitrogens with zero attached hydrogens (tertiary/aromatic N) is 2. The summed E-state index contributed by atoms with van der Waals surface area (Å²) in [6, 6.07) is 22.5. The van der Waals surface area contributed by atoms with E-state index < -0.39 is 0 Å². The molecule has 3 N–H and O–H groups in total. The molecule has 0 unspecified atom stereocenters. The highest BCUT2D eigenvalue weighted by Crippen LogP contribution is 2.43. The van der Waals surface area contributed by atoms with Gasteiger partial charge >= 0.3 is 0 Å². The smallest absolute Gasteiger partial charge is 0.119 e. The maximum absolute atomic E-state index is 12.6. The molecule has 1 aliphatic heterocycles. The van der Waals surface area contributed by atoms with Crippen molar-refractivity contribution in [2.75, 3.05) is 32.0 Å². The molecular weight excluding hydrogens is 558 g/mol. The van der Waals surface area contributed by atoms with E-state index in [1.807, 2.05) is 24.3 Å². The van der Waals surface area contributed by atoms with Gasteiger partial charge in [-0.15, -0.1) is 0 Å². The molecule has 8 heteroatoms. The third kappa shape index (κ3) is 6.15. The third-order valence-electron chi connectivity index (χ3n) is 7.98. The fourth-order valence-electron chi connectivity index (χ4n) is 6.04. The molecule has 1 saturated heterocycles. The Kier molecular flexibility index (Phi) is 8.33. The number of benzene rings is 3. The number of ether oxygens (including phenoxy) is 1. The number of nitrogens with two attached hydrogens (primary N) is 1. The Morgan fingerprint density at radius 3 is 2.54 bits per heavy atom. The van der Waals surface area contributed by atoms with Gasteiger partial charge in [0.1, 0.15) is 17.7 Å². The maximum Gasteiger partial charge on any atom is 0.119 e. The number of H-pyrrole nitrogens is 1. The third-order valence-corrected chi connectivity index (χ3v) is 8.53. The van der Waals surface area contributed by atoms with Gasteiger partial charge in [-0.2, -0.15) is 5.10 Å². The van der Waals surface area contributed by atoms with Gasteiger partial charge in [-0.3, -0.25) is 14.4 Å².